The van der Waals surface area contributed by atoms with Crippen molar-refractivity contribution in [3.63, 3.8) is 0 Å². The molecule has 4 nitrogen and oxygen atoms in total. The molecule has 5 heteroatoms. The molecule has 1 saturated carbocycles. The highest BCUT2D eigenvalue weighted by Crippen LogP contribution is 2.36. The smallest absolute Gasteiger partial charge is 0.258 e. The number of aryl methyl sites for hydroxylation is 1. The van der Waals surface area contributed by atoms with E-state index in [1.807, 2.05) is 48.7 Å². The van der Waals surface area contributed by atoms with E-state index < -0.39 is 10.8 Å². The summed E-state index contributed by atoms with van der Waals surface area (Å²) in [6.07, 6.45) is 8.41. The molecule has 1 atom stereocenters. The minimum atomic E-state index is -1.07. The Hall–Kier alpha value is -2.40. The summed E-state index contributed by atoms with van der Waals surface area (Å²) < 4.78 is 13.8. The van der Waals surface area contributed by atoms with Gasteiger partial charge >= 0.3 is 0 Å². The second-order valence-corrected chi connectivity index (χ2v) is 9.65. The zero-order chi connectivity index (χ0) is 20.5. The van der Waals surface area contributed by atoms with E-state index in [-0.39, 0.29) is 5.56 Å². The molecule has 1 unspecified atom stereocenters. The maximum Gasteiger partial charge on any atom is 0.258 e. The Morgan fingerprint density at radius 1 is 1.00 bits per heavy atom. The lowest BCUT2D eigenvalue weighted by Crippen LogP contribution is -2.25. The summed E-state index contributed by atoms with van der Waals surface area (Å²) >= 11 is 0. The third kappa shape index (κ3) is 4.01. The van der Waals surface area contributed by atoms with Crippen molar-refractivity contribution >= 4 is 27.3 Å². The zero-order valence-corrected chi connectivity index (χ0v) is 18.1. The van der Waals surface area contributed by atoms with Crippen LogP contribution in [0.25, 0.3) is 21.9 Å². The van der Waals surface area contributed by atoms with Crippen LogP contribution in [0.5, 0.6) is 0 Å². The second kappa shape index (κ2) is 8.15. The lowest BCUT2D eigenvalue weighted by molar-refractivity contribution is 0.361. The first-order chi connectivity index (χ1) is 13.9. The Morgan fingerprint density at radius 2 is 1.69 bits per heavy atom. The highest BCUT2D eigenvalue weighted by Gasteiger charge is 2.20. The third-order valence-corrected chi connectivity index (χ3v) is 7.00. The van der Waals surface area contributed by atoms with Crippen molar-refractivity contribution in [3.05, 3.63) is 59.0 Å². The van der Waals surface area contributed by atoms with Gasteiger partial charge in [0, 0.05) is 63.4 Å². The summed E-state index contributed by atoms with van der Waals surface area (Å²) in [5, 5.41) is 5.37. The molecule has 0 aliphatic heterocycles. The van der Waals surface area contributed by atoms with Gasteiger partial charge < -0.3 is 9.88 Å². The second-order valence-electron chi connectivity index (χ2n) is 8.27. The molecule has 1 heterocycles. The fourth-order valence-electron chi connectivity index (χ4n) is 4.31. The number of pyridine rings is 1. The van der Waals surface area contributed by atoms with E-state index in [1.54, 1.807) is 17.9 Å². The molecular formula is C24H28N2O2S. The number of nitrogens with zero attached hydrogens (tertiary/aromatic N) is 1. The van der Waals surface area contributed by atoms with E-state index in [9.17, 15) is 9.00 Å². The number of fused-ring (bicyclic) bond motifs is 1. The lowest BCUT2D eigenvalue weighted by Gasteiger charge is -2.29. The van der Waals surface area contributed by atoms with Gasteiger partial charge in [0.15, 0.2) is 0 Å². The third-order valence-electron chi connectivity index (χ3n) is 6.08. The van der Waals surface area contributed by atoms with Crippen molar-refractivity contribution in [3.8, 4) is 11.1 Å². The molecule has 1 fully saturated rings. The lowest BCUT2D eigenvalue weighted by atomic mass is 9.87. The highest BCUT2D eigenvalue weighted by atomic mass is 32.2. The number of benzene rings is 2. The Labute approximate surface area is 174 Å². The van der Waals surface area contributed by atoms with Crippen molar-refractivity contribution in [2.45, 2.75) is 43.5 Å². The highest BCUT2D eigenvalue weighted by molar-refractivity contribution is 7.84. The molecule has 152 valence electrons. The molecule has 29 heavy (non-hydrogen) atoms. The minimum absolute atomic E-state index is 0.00431. The topological polar surface area (TPSA) is 51.1 Å². The molecule has 0 amide bonds. The Kier molecular flexibility index (Phi) is 5.59. The Balaban J connectivity index is 1.87. The molecule has 3 aromatic rings. The van der Waals surface area contributed by atoms with Gasteiger partial charge in [-0.15, -0.1) is 0 Å². The van der Waals surface area contributed by atoms with Crippen molar-refractivity contribution < 1.29 is 4.21 Å². The molecule has 1 aromatic heterocycles. The quantitative estimate of drug-likeness (QED) is 0.666. The van der Waals surface area contributed by atoms with E-state index in [1.165, 1.54) is 12.8 Å². The molecule has 1 N–H and O–H groups in total. The van der Waals surface area contributed by atoms with Gasteiger partial charge in [0.25, 0.3) is 5.56 Å². The monoisotopic (exact) mass is 408 g/mol. The van der Waals surface area contributed by atoms with Crippen LogP contribution in [0.2, 0.25) is 0 Å². The van der Waals surface area contributed by atoms with Crippen molar-refractivity contribution in [1.29, 1.82) is 0 Å². The van der Waals surface area contributed by atoms with Gasteiger partial charge in [0.2, 0.25) is 0 Å². The van der Waals surface area contributed by atoms with Gasteiger partial charge in [-0.25, -0.2) is 0 Å². The van der Waals surface area contributed by atoms with Crippen molar-refractivity contribution in [2.24, 2.45) is 13.0 Å². The summed E-state index contributed by atoms with van der Waals surface area (Å²) in [5.41, 5.74) is 3.03. The van der Waals surface area contributed by atoms with Crippen LogP contribution in [0.3, 0.4) is 0 Å². The summed E-state index contributed by atoms with van der Waals surface area (Å²) in [6.45, 7) is 2.32. The average Bonchev–Trinajstić information content (AvgIpc) is 2.72. The molecule has 4 rings (SSSR count). The first-order valence-corrected chi connectivity index (χ1v) is 11.8. The van der Waals surface area contributed by atoms with Gasteiger partial charge in [-0.2, -0.15) is 0 Å². The van der Waals surface area contributed by atoms with Crippen LogP contribution in [0, 0.1) is 5.92 Å². The molecule has 0 spiro atoms. The maximum absolute atomic E-state index is 12.6. The number of aromatic nitrogens is 1. The largest absolute Gasteiger partial charge is 0.382 e. The van der Waals surface area contributed by atoms with Crippen LogP contribution in [0.15, 0.2) is 58.4 Å². The van der Waals surface area contributed by atoms with Gasteiger partial charge in [-0.05, 0) is 61.3 Å². The molecular weight excluding hydrogens is 380 g/mol. The Bertz CT molecular complexity index is 1130. The first kappa shape index (κ1) is 19.9. The van der Waals surface area contributed by atoms with Crippen LogP contribution in [0.1, 0.15) is 32.6 Å². The van der Waals surface area contributed by atoms with Crippen molar-refractivity contribution in [2.75, 3.05) is 11.6 Å². The minimum Gasteiger partial charge on any atom is -0.382 e. The number of nitrogens with one attached hydrogen (secondary N) is 1. The molecule has 1 aliphatic carbocycles. The fraction of sp³-hybridized carbons (Fsp3) is 0.375. The molecule has 0 bridgehead atoms. The summed E-state index contributed by atoms with van der Waals surface area (Å²) in [7, 11) is 0.715. The van der Waals surface area contributed by atoms with Crippen LogP contribution >= 0.6 is 0 Å². The molecule has 0 radical (unpaired) electrons. The van der Waals surface area contributed by atoms with Gasteiger partial charge in [0.05, 0.1) is 0 Å². The summed E-state index contributed by atoms with van der Waals surface area (Å²) in [5.74, 6) is 0.796. The average molecular weight is 409 g/mol. The first-order valence-electron chi connectivity index (χ1n) is 10.3. The van der Waals surface area contributed by atoms with Crippen LogP contribution in [0.4, 0.5) is 5.69 Å². The zero-order valence-electron chi connectivity index (χ0n) is 17.3. The number of hydrogen-bond donors (Lipinski definition) is 1. The van der Waals surface area contributed by atoms with E-state index in [0.29, 0.717) is 11.4 Å². The van der Waals surface area contributed by atoms with E-state index in [4.69, 9.17) is 0 Å². The van der Waals surface area contributed by atoms with Gasteiger partial charge in [-0.3, -0.25) is 9.00 Å². The van der Waals surface area contributed by atoms with Gasteiger partial charge in [-0.1, -0.05) is 25.1 Å². The van der Waals surface area contributed by atoms with Crippen LogP contribution in [-0.2, 0) is 17.8 Å². The summed E-state index contributed by atoms with van der Waals surface area (Å²) in [6, 6.07) is 14.2. The van der Waals surface area contributed by atoms with E-state index in [0.717, 1.165) is 45.9 Å². The predicted molar refractivity (Wildman–Crippen MR) is 122 cm³/mol. The number of anilines is 1. The van der Waals surface area contributed by atoms with E-state index in [2.05, 4.69) is 12.2 Å². The Morgan fingerprint density at radius 3 is 2.38 bits per heavy atom. The SMILES string of the molecule is CC1CCC(Nc2ccc(S(C)=O)cc2-c2cn(C)c(=O)c3ccccc23)CC1. The molecule has 0 saturated heterocycles. The maximum atomic E-state index is 12.6. The van der Waals surface area contributed by atoms with Crippen LogP contribution < -0.4 is 10.9 Å². The van der Waals surface area contributed by atoms with Crippen LogP contribution in [-0.4, -0.2) is 21.1 Å². The van der Waals surface area contributed by atoms with Crippen molar-refractivity contribution in [1.82, 2.24) is 4.57 Å². The number of hydrogen-bond acceptors (Lipinski definition) is 3. The predicted octanol–water partition coefficient (Wildman–Crippen LogP) is 4.93. The van der Waals surface area contributed by atoms with Gasteiger partial charge in [0.1, 0.15) is 0 Å². The molecule has 1 aliphatic rings. The number of rotatable bonds is 4. The standard InChI is InChI=1S/C24H28N2O2S/c1-16-8-10-17(11-9-16)25-23-13-12-18(29(3)28)14-21(23)22-15-26(2)24(27)20-7-5-4-6-19(20)22/h4-7,12-17,25H,8-11H2,1-3H3. The normalized spacial score (nSPS) is 20.5. The van der Waals surface area contributed by atoms with E-state index >= 15 is 0 Å². The summed E-state index contributed by atoms with van der Waals surface area (Å²) in [4.78, 5) is 13.4. The fourth-order valence-corrected chi connectivity index (χ4v) is 4.85. The molecule has 2 aromatic carbocycles.